The fourth-order valence-corrected chi connectivity index (χ4v) is 2.56. The molecular formula is C18H13Cl2N3O. The van der Waals surface area contributed by atoms with E-state index in [0.717, 1.165) is 11.4 Å². The maximum atomic E-state index is 12.4. The highest BCUT2D eigenvalue weighted by atomic mass is 35.5. The van der Waals surface area contributed by atoms with E-state index in [2.05, 4.69) is 15.6 Å². The SMILES string of the molecule is O=C(Nc1ccc(Cl)cc1Cl)c1cncc(Nc2ccccc2)c1. The summed E-state index contributed by atoms with van der Waals surface area (Å²) in [5, 5.41) is 6.83. The van der Waals surface area contributed by atoms with E-state index in [9.17, 15) is 4.79 Å². The van der Waals surface area contributed by atoms with Crippen molar-refractivity contribution < 1.29 is 4.79 Å². The Morgan fingerprint density at radius 2 is 1.71 bits per heavy atom. The zero-order valence-corrected chi connectivity index (χ0v) is 14.0. The monoisotopic (exact) mass is 357 g/mol. The van der Waals surface area contributed by atoms with Crippen LogP contribution in [-0.4, -0.2) is 10.9 Å². The smallest absolute Gasteiger partial charge is 0.257 e. The number of anilines is 3. The fraction of sp³-hybridized carbons (Fsp3) is 0. The van der Waals surface area contributed by atoms with Gasteiger partial charge in [0, 0.05) is 16.9 Å². The van der Waals surface area contributed by atoms with E-state index in [1.807, 2.05) is 30.3 Å². The molecule has 0 fully saturated rings. The number of para-hydroxylation sites is 1. The normalized spacial score (nSPS) is 10.2. The van der Waals surface area contributed by atoms with Gasteiger partial charge in [-0.25, -0.2) is 0 Å². The summed E-state index contributed by atoms with van der Waals surface area (Å²) >= 11 is 11.9. The molecular weight excluding hydrogens is 345 g/mol. The number of halogens is 2. The number of carbonyl (C=O) groups is 1. The van der Waals surface area contributed by atoms with Gasteiger partial charge < -0.3 is 10.6 Å². The minimum atomic E-state index is -0.302. The van der Waals surface area contributed by atoms with Gasteiger partial charge in [-0.1, -0.05) is 41.4 Å². The van der Waals surface area contributed by atoms with E-state index in [1.54, 1.807) is 30.5 Å². The molecule has 0 atom stereocenters. The van der Waals surface area contributed by atoms with Crippen molar-refractivity contribution in [2.75, 3.05) is 10.6 Å². The Bertz CT molecular complexity index is 869. The number of amides is 1. The molecule has 24 heavy (non-hydrogen) atoms. The highest BCUT2D eigenvalue weighted by Gasteiger charge is 2.10. The lowest BCUT2D eigenvalue weighted by Gasteiger charge is -2.09. The third kappa shape index (κ3) is 4.04. The Kier molecular flexibility index (Phi) is 4.99. The van der Waals surface area contributed by atoms with Crippen LogP contribution in [0.2, 0.25) is 10.0 Å². The van der Waals surface area contributed by atoms with Gasteiger partial charge in [0.25, 0.3) is 5.91 Å². The fourth-order valence-electron chi connectivity index (χ4n) is 2.11. The third-order valence-corrected chi connectivity index (χ3v) is 3.79. The van der Waals surface area contributed by atoms with Crippen molar-refractivity contribution >= 4 is 46.2 Å². The number of nitrogens with one attached hydrogen (secondary N) is 2. The van der Waals surface area contributed by atoms with Crippen LogP contribution < -0.4 is 10.6 Å². The number of pyridine rings is 1. The first kappa shape index (κ1) is 16.3. The highest BCUT2D eigenvalue weighted by molar-refractivity contribution is 6.36. The maximum Gasteiger partial charge on any atom is 0.257 e. The first-order valence-corrected chi connectivity index (χ1v) is 7.91. The average molecular weight is 358 g/mol. The summed E-state index contributed by atoms with van der Waals surface area (Å²) in [4.78, 5) is 16.5. The summed E-state index contributed by atoms with van der Waals surface area (Å²) in [5.41, 5.74) is 2.54. The van der Waals surface area contributed by atoms with Crippen molar-refractivity contribution in [3.8, 4) is 0 Å². The number of nitrogens with zero attached hydrogens (tertiary/aromatic N) is 1. The standard InChI is InChI=1S/C18H13Cl2N3O/c19-13-6-7-17(16(20)9-13)23-18(24)12-8-15(11-21-10-12)22-14-4-2-1-3-5-14/h1-11,22H,(H,23,24). The summed E-state index contributed by atoms with van der Waals surface area (Å²) in [7, 11) is 0. The van der Waals surface area contributed by atoms with Gasteiger partial charge in [-0.2, -0.15) is 0 Å². The molecule has 120 valence electrons. The van der Waals surface area contributed by atoms with E-state index in [4.69, 9.17) is 23.2 Å². The minimum Gasteiger partial charge on any atom is -0.354 e. The quantitative estimate of drug-likeness (QED) is 0.658. The molecule has 0 saturated carbocycles. The van der Waals surface area contributed by atoms with Gasteiger partial charge in [-0.15, -0.1) is 0 Å². The van der Waals surface area contributed by atoms with Crippen LogP contribution in [0.15, 0.2) is 67.0 Å². The van der Waals surface area contributed by atoms with E-state index in [1.165, 1.54) is 6.20 Å². The molecule has 1 amide bonds. The van der Waals surface area contributed by atoms with Crippen molar-refractivity contribution in [3.05, 3.63) is 82.6 Å². The van der Waals surface area contributed by atoms with Crippen molar-refractivity contribution in [2.24, 2.45) is 0 Å². The zero-order valence-electron chi connectivity index (χ0n) is 12.5. The lowest BCUT2D eigenvalue weighted by molar-refractivity contribution is 0.102. The second kappa shape index (κ2) is 7.34. The van der Waals surface area contributed by atoms with E-state index in [-0.39, 0.29) is 5.91 Å². The number of rotatable bonds is 4. The van der Waals surface area contributed by atoms with Crippen molar-refractivity contribution in [1.82, 2.24) is 4.98 Å². The van der Waals surface area contributed by atoms with E-state index >= 15 is 0 Å². The number of hydrogen-bond donors (Lipinski definition) is 2. The Hall–Kier alpha value is -2.56. The molecule has 0 unspecified atom stereocenters. The van der Waals surface area contributed by atoms with Crippen molar-refractivity contribution in [2.45, 2.75) is 0 Å². The van der Waals surface area contributed by atoms with Crippen LogP contribution in [0.3, 0.4) is 0 Å². The molecule has 3 aromatic rings. The minimum absolute atomic E-state index is 0.302. The molecule has 0 radical (unpaired) electrons. The zero-order chi connectivity index (χ0) is 16.9. The largest absolute Gasteiger partial charge is 0.354 e. The molecule has 2 N–H and O–H groups in total. The second-order valence-electron chi connectivity index (χ2n) is 5.03. The van der Waals surface area contributed by atoms with E-state index < -0.39 is 0 Å². The van der Waals surface area contributed by atoms with Crippen LogP contribution in [0, 0.1) is 0 Å². The summed E-state index contributed by atoms with van der Waals surface area (Å²) in [6.45, 7) is 0. The van der Waals surface area contributed by atoms with Gasteiger partial charge in [-0.3, -0.25) is 9.78 Å². The lowest BCUT2D eigenvalue weighted by Crippen LogP contribution is -2.12. The molecule has 0 aliphatic heterocycles. The number of benzene rings is 2. The molecule has 3 rings (SSSR count). The molecule has 0 bridgehead atoms. The van der Waals surface area contributed by atoms with E-state index in [0.29, 0.717) is 21.3 Å². The molecule has 1 heterocycles. The van der Waals surface area contributed by atoms with Crippen LogP contribution >= 0.6 is 23.2 Å². The molecule has 0 aliphatic rings. The summed E-state index contributed by atoms with van der Waals surface area (Å²) in [6, 6.07) is 16.3. The van der Waals surface area contributed by atoms with Gasteiger partial charge in [0.15, 0.2) is 0 Å². The van der Waals surface area contributed by atoms with Gasteiger partial charge in [0.1, 0.15) is 0 Å². The molecule has 1 aromatic heterocycles. The van der Waals surface area contributed by atoms with Crippen molar-refractivity contribution in [1.29, 1.82) is 0 Å². The van der Waals surface area contributed by atoms with Gasteiger partial charge >= 0.3 is 0 Å². The predicted molar refractivity (Wildman–Crippen MR) is 98.4 cm³/mol. The Morgan fingerprint density at radius 1 is 0.917 bits per heavy atom. The second-order valence-corrected chi connectivity index (χ2v) is 5.88. The summed E-state index contributed by atoms with van der Waals surface area (Å²) in [5.74, 6) is -0.302. The van der Waals surface area contributed by atoms with Crippen LogP contribution in [-0.2, 0) is 0 Å². The molecule has 0 saturated heterocycles. The number of aromatic nitrogens is 1. The molecule has 6 heteroatoms. The van der Waals surface area contributed by atoms with Gasteiger partial charge in [0.05, 0.1) is 28.2 Å². The van der Waals surface area contributed by atoms with Gasteiger partial charge in [-0.05, 0) is 36.4 Å². The number of carbonyl (C=O) groups excluding carboxylic acids is 1. The number of hydrogen-bond acceptors (Lipinski definition) is 3. The molecule has 0 aliphatic carbocycles. The predicted octanol–water partition coefficient (Wildman–Crippen LogP) is 5.38. The van der Waals surface area contributed by atoms with Gasteiger partial charge in [0.2, 0.25) is 0 Å². The summed E-state index contributed by atoms with van der Waals surface area (Å²) < 4.78 is 0. The van der Waals surface area contributed by atoms with Crippen LogP contribution in [0.1, 0.15) is 10.4 Å². The molecule has 0 spiro atoms. The topological polar surface area (TPSA) is 54.0 Å². The first-order chi connectivity index (χ1) is 11.6. The third-order valence-electron chi connectivity index (χ3n) is 3.24. The molecule has 4 nitrogen and oxygen atoms in total. The van der Waals surface area contributed by atoms with Crippen LogP contribution in [0.4, 0.5) is 17.1 Å². The highest BCUT2D eigenvalue weighted by Crippen LogP contribution is 2.26. The average Bonchev–Trinajstić information content (AvgIpc) is 2.58. The Labute approximate surface area is 149 Å². The maximum absolute atomic E-state index is 12.4. The summed E-state index contributed by atoms with van der Waals surface area (Å²) in [6.07, 6.45) is 3.15. The lowest BCUT2D eigenvalue weighted by atomic mass is 10.2. The first-order valence-electron chi connectivity index (χ1n) is 7.15. The molecule has 2 aromatic carbocycles. The van der Waals surface area contributed by atoms with Crippen LogP contribution in [0.25, 0.3) is 0 Å². The van der Waals surface area contributed by atoms with Crippen LogP contribution in [0.5, 0.6) is 0 Å². The Balaban J connectivity index is 1.77. The van der Waals surface area contributed by atoms with Crippen molar-refractivity contribution in [3.63, 3.8) is 0 Å². The Morgan fingerprint density at radius 3 is 2.46 bits per heavy atom.